The van der Waals surface area contributed by atoms with E-state index in [0.717, 1.165) is 11.1 Å². The highest BCUT2D eigenvalue weighted by Crippen LogP contribution is 2.28. The van der Waals surface area contributed by atoms with Gasteiger partial charge in [0.25, 0.3) is 0 Å². The predicted molar refractivity (Wildman–Crippen MR) is 80.4 cm³/mol. The molecule has 26 heavy (non-hydrogen) atoms. The molecule has 0 aromatic heterocycles. The van der Waals surface area contributed by atoms with Crippen LogP contribution in [0.5, 0.6) is 5.75 Å². The third-order valence-corrected chi connectivity index (χ3v) is 3.95. The Balaban J connectivity index is 1.74. The topological polar surface area (TPSA) is 41.6 Å². The van der Waals surface area contributed by atoms with Crippen LogP contribution in [0, 0.1) is 0 Å². The smallest absolute Gasteiger partial charge is 0.406 e. The van der Waals surface area contributed by atoms with Crippen LogP contribution in [-0.2, 0) is 17.8 Å². The number of fused-ring (bicyclic) bond motifs is 1. The fourth-order valence-electron chi connectivity index (χ4n) is 2.74. The van der Waals surface area contributed by atoms with Gasteiger partial charge in [-0.15, -0.1) is 13.2 Å². The lowest BCUT2D eigenvalue weighted by atomic mass is 9.99. The van der Waals surface area contributed by atoms with E-state index in [9.17, 15) is 31.1 Å². The van der Waals surface area contributed by atoms with Gasteiger partial charge in [0, 0.05) is 19.6 Å². The number of carbonyl (C=O) groups is 1. The van der Waals surface area contributed by atoms with Gasteiger partial charge < -0.3 is 10.1 Å². The minimum Gasteiger partial charge on any atom is -0.406 e. The molecule has 1 aliphatic heterocycles. The van der Waals surface area contributed by atoms with E-state index >= 15 is 0 Å². The minimum atomic E-state index is -4.87. The quantitative estimate of drug-likeness (QED) is 0.604. The van der Waals surface area contributed by atoms with Gasteiger partial charge in [-0.1, -0.05) is 6.07 Å². The van der Waals surface area contributed by atoms with Crippen molar-refractivity contribution in [2.24, 2.45) is 0 Å². The molecular weight excluding hydrogens is 366 g/mol. The van der Waals surface area contributed by atoms with Gasteiger partial charge in [-0.25, -0.2) is 0 Å². The Bertz CT molecular complexity index is 630. The number of rotatable bonds is 6. The largest absolute Gasteiger partial charge is 0.573 e. The molecule has 1 N–H and O–H groups in total. The highest BCUT2D eigenvalue weighted by molar-refractivity contribution is 5.81. The molecule has 1 amide bonds. The molecule has 0 bridgehead atoms. The van der Waals surface area contributed by atoms with Gasteiger partial charge in [0.1, 0.15) is 5.75 Å². The third kappa shape index (κ3) is 6.40. The van der Waals surface area contributed by atoms with Crippen molar-refractivity contribution < 1.29 is 35.9 Å². The maximum Gasteiger partial charge on any atom is 0.573 e. The number of unbranched alkanes of at least 4 members (excludes halogenated alkanes) is 1. The minimum absolute atomic E-state index is 0.0547. The van der Waals surface area contributed by atoms with E-state index in [0.29, 0.717) is 38.9 Å². The lowest BCUT2D eigenvalue weighted by Crippen LogP contribution is -2.37. The van der Waals surface area contributed by atoms with Gasteiger partial charge in [0.15, 0.2) is 0 Å². The van der Waals surface area contributed by atoms with Gasteiger partial charge in [-0.3, -0.25) is 9.69 Å². The Hall–Kier alpha value is -1.97. The molecule has 146 valence electrons. The number of hydrogen-bond acceptors (Lipinski definition) is 3. The number of nitrogens with zero attached hydrogens (tertiary/aromatic N) is 1. The molecular formula is C16H18F6N2O2. The van der Waals surface area contributed by atoms with Crippen LogP contribution in [0.1, 0.15) is 24.0 Å². The van der Waals surface area contributed by atoms with E-state index in [1.807, 2.05) is 5.32 Å². The zero-order chi connectivity index (χ0) is 19.4. The van der Waals surface area contributed by atoms with Crippen molar-refractivity contribution in [3.63, 3.8) is 0 Å². The summed E-state index contributed by atoms with van der Waals surface area (Å²) in [4.78, 5) is 12.7. The zero-order valence-corrected chi connectivity index (χ0v) is 13.7. The molecule has 0 radical (unpaired) electrons. The second-order valence-corrected chi connectivity index (χ2v) is 5.97. The van der Waals surface area contributed by atoms with E-state index in [-0.39, 0.29) is 12.3 Å². The van der Waals surface area contributed by atoms with Crippen molar-refractivity contribution in [1.82, 2.24) is 10.2 Å². The number of amides is 1. The lowest BCUT2D eigenvalue weighted by Gasteiger charge is -2.29. The summed E-state index contributed by atoms with van der Waals surface area (Å²) < 4.78 is 76.7. The molecule has 2 rings (SSSR count). The van der Waals surface area contributed by atoms with Gasteiger partial charge >= 0.3 is 18.4 Å². The summed E-state index contributed by atoms with van der Waals surface area (Å²) in [5.74, 6) is -2.19. The lowest BCUT2D eigenvalue weighted by molar-refractivity contribution is -0.274. The number of halogens is 6. The van der Waals surface area contributed by atoms with Gasteiger partial charge in [-0.05, 0) is 49.1 Å². The molecule has 0 saturated heterocycles. The third-order valence-electron chi connectivity index (χ3n) is 3.95. The number of benzene rings is 1. The van der Waals surface area contributed by atoms with Crippen molar-refractivity contribution in [2.75, 3.05) is 19.6 Å². The molecule has 0 unspecified atom stereocenters. The summed E-state index contributed by atoms with van der Waals surface area (Å²) in [6.07, 6.45) is -8.02. The summed E-state index contributed by atoms with van der Waals surface area (Å²) in [5.41, 5.74) is 1.69. The van der Waals surface area contributed by atoms with Crippen LogP contribution < -0.4 is 10.1 Å². The molecule has 0 fully saturated rings. The molecule has 0 spiro atoms. The molecule has 0 atom stereocenters. The first-order valence-electron chi connectivity index (χ1n) is 7.99. The average Bonchev–Trinajstić information content (AvgIpc) is 2.52. The number of hydrogen-bond donors (Lipinski definition) is 1. The number of nitrogens with one attached hydrogen (secondary N) is 1. The van der Waals surface area contributed by atoms with E-state index < -0.39 is 18.4 Å². The molecule has 1 heterocycles. The van der Waals surface area contributed by atoms with Gasteiger partial charge in [0.05, 0.1) is 0 Å². The highest BCUT2D eigenvalue weighted by Gasteiger charge is 2.38. The monoisotopic (exact) mass is 384 g/mol. The molecule has 1 aliphatic rings. The normalized spacial score (nSPS) is 15.5. The van der Waals surface area contributed by atoms with Gasteiger partial charge in [0.2, 0.25) is 0 Å². The zero-order valence-electron chi connectivity index (χ0n) is 13.7. The summed E-state index contributed by atoms with van der Waals surface area (Å²) in [6, 6.07) is 4.24. The SMILES string of the molecule is O=C(NCCCCN1CCc2cc(OC(F)(F)F)ccc2C1)C(F)(F)F. The second-order valence-electron chi connectivity index (χ2n) is 5.97. The Labute approximate surface area is 146 Å². The van der Waals surface area contributed by atoms with E-state index in [1.54, 1.807) is 6.07 Å². The maximum absolute atomic E-state index is 12.2. The number of ether oxygens (including phenoxy) is 1. The van der Waals surface area contributed by atoms with Crippen LogP contribution in [-0.4, -0.2) is 43.0 Å². The molecule has 4 nitrogen and oxygen atoms in total. The van der Waals surface area contributed by atoms with Crippen molar-refractivity contribution in [3.05, 3.63) is 29.3 Å². The Kier molecular flexibility index (Phi) is 6.38. The summed E-state index contributed by atoms with van der Waals surface area (Å²) in [7, 11) is 0. The molecule has 1 aromatic rings. The Morgan fingerprint density at radius 3 is 2.50 bits per heavy atom. The molecule has 0 saturated carbocycles. The second kappa shape index (κ2) is 8.15. The van der Waals surface area contributed by atoms with Crippen molar-refractivity contribution in [2.45, 2.75) is 38.3 Å². The fraction of sp³-hybridized carbons (Fsp3) is 0.562. The average molecular weight is 384 g/mol. The summed E-state index contributed by atoms with van der Waals surface area (Å²) in [6.45, 7) is 1.76. The van der Waals surface area contributed by atoms with Gasteiger partial charge in [-0.2, -0.15) is 13.2 Å². The van der Waals surface area contributed by atoms with Crippen LogP contribution in [0.25, 0.3) is 0 Å². The first-order chi connectivity index (χ1) is 12.0. The van der Waals surface area contributed by atoms with E-state index in [2.05, 4.69) is 9.64 Å². The number of carbonyl (C=O) groups excluding carboxylic acids is 1. The van der Waals surface area contributed by atoms with E-state index in [4.69, 9.17) is 0 Å². The first kappa shape index (κ1) is 20.3. The highest BCUT2D eigenvalue weighted by atomic mass is 19.4. The predicted octanol–water partition coefficient (Wildman–Crippen LogP) is 3.40. The van der Waals surface area contributed by atoms with Crippen LogP contribution in [0.2, 0.25) is 0 Å². The van der Waals surface area contributed by atoms with E-state index in [1.165, 1.54) is 12.1 Å². The number of alkyl halides is 6. The Morgan fingerprint density at radius 1 is 1.12 bits per heavy atom. The fourth-order valence-corrected chi connectivity index (χ4v) is 2.74. The molecule has 10 heteroatoms. The van der Waals surface area contributed by atoms with Crippen LogP contribution >= 0.6 is 0 Å². The van der Waals surface area contributed by atoms with Crippen LogP contribution in [0.15, 0.2) is 18.2 Å². The van der Waals surface area contributed by atoms with Crippen LogP contribution in [0.3, 0.4) is 0 Å². The maximum atomic E-state index is 12.2. The van der Waals surface area contributed by atoms with Crippen molar-refractivity contribution in [1.29, 1.82) is 0 Å². The van der Waals surface area contributed by atoms with Crippen LogP contribution in [0.4, 0.5) is 26.3 Å². The summed E-state index contributed by atoms with van der Waals surface area (Å²) >= 11 is 0. The van der Waals surface area contributed by atoms with Crippen molar-refractivity contribution in [3.8, 4) is 5.75 Å². The standard InChI is InChI=1S/C16H18F6N2O2/c17-15(18,19)14(25)23-6-1-2-7-24-8-5-11-9-13(26-16(20,21)22)4-3-12(11)10-24/h3-4,9H,1-2,5-8,10H2,(H,23,25). The van der Waals surface area contributed by atoms with Crippen molar-refractivity contribution >= 4 is 5.91 Å². The summed E-state index contributed by atoms with van der Waals surface area (Å²) in [5, 5.41) is 1.81. The molecule has 1 aromatic carbocycles. The first-order valence-corrected chi connectivity index (χ1v) is 7.99. The molecule has 0 aliphatic carbocycles. The Morgan fingerprint density at radius 2 is 1.85 bits per heavy atom.